The molecule has 6 heteroatoms. The number of hydrogen-bond donors (Lipinski definition) is 1. The Morgan fingerprint density at radius 2 is 1.95 bits per heavy atom. The zero-order valence-electron chi connectivity index (χ0n) is 10.1. The Kier molecular flexibility index (Phi) is 4.01. The molecular weight excluding hydrogens is 312 g/mol. The second-order valence-electron chi connectivity index (χ2n) is 3.70. The standard InChI is InChI=1S/C13H11BrN2O3/c1-19-11-4-2-10(3-5-11)16-8-9(6-7-14)12(17)15-13(16)18/h2-8H,1H3,(H,15,17,18)/b7-6+. The lowest BCUT2D eigenvalue weighted by molar-refractivity contribution is 0.414. The molecule has 1 heterocycles. The Bertz CT molecular complexity index is 714. The van der Waals surface area contributed by atoms with Crippen LogP contribution in [0.4, 0.5) is 0 Å². The monoisotopic (exact) mass is 322 g/mol. The summed E-state index contributed by atoms with van der Waals surface area (Å²) in [4.78, 5) is 27.2. The third-order valence-corrected chi connectivity index (χ3v) is 2.83. The molecule has 0 spiro atoms. The van der Waals surface area contributed by atoms with Crippen LogP contribution in [0.25, 0.3) is 11.8 Å². The van der Waals surface area contributed by atoms with Gasteiger partial charge in [-0.05, 0) is 35.3 Å². The third-order valence-electron chi connectivity index (χ3n) is 2.56. The molecule has 1 aromatic heterocycles. The van der Waals surface area contributed by atoms with Gasteiger partial charge in [0.25, 0.3) is 5.56 Å². The van der Waals surface area contributed by atoms with Gasteiger partial charge >= 0.3 is 5.69 Å². The number of ether oxygens (including phenoxy) is 1. The zero-order valence-corrected chi connectivity index (χ0v) is 11.7. The molecule has 1 N–H and O–H groups in total. The van der Waals surface area contributed by atoms with Crippen molar-refractivity contribution in [2.75, 3.05) is 7.11 Å². The molecule has 0 atom stereocenters. The second kappa shape index (κ2) is 5.71. The zero-order chi connectivity index (χ0) is 13.8. The number of nitrogens with zero attached hydrogens (tertiary/aromatic N) is 1. The van der Waals surface area contributed by atoms with Crippen LogP contribution in [0.2, 0.25) is 0 Å². The van der Waals surface area contributed by atoms with Crippen molar-refractivity contribution >= 4 is 22.0 Å². The highest BCUT2D eigenvalue weighted by atomic mass is 79.9. The summed E-state index contributed by atoms with van der Waals surface area (Å²) in [6.07, 6.45) is 3.05. The molecule has 0 unspecified atom stereocenters. The molecule has 0 aliphatic heterocycles. The van der Waals surface area contributed by atoms with Crippen LogP contribution in [0.1, 0.15) is 5.56 Å². The highest BCUT2D eigenvalue weighted by Crippen LogP contribution is 2.13. The third kappa shape index (κ3) is 2.85. The van der Waals surface area contributed by atoms with Crippen LogP contribution in [0.3, 0.4) is 0 Å². The lowest BCUT2D eigenvalue weighted by Crippen LogP contribution is -2.29. The number of halogens is 1. The lowest BCUT2D eigenvalue weighted by Gasteiger charge is -2.07. The molecule has 1 aromatic carbocycles. The summed E-state index contributed by atoms with van der Waals surface area (Å²) in [6.45, 7) is 0. The largest absolute Gasteiger partial charge is 0.497 e. The van der Waals surface area contributed by atoms with Crippen LogP contribution in [0, 0.1) is 0 Å². The van der Waals surface area contributed by atoms with E-state index in [0.717, 1.165) is 0 Å². The van der Waals surface area contributed by atoms with Crippen molar-refractivity contribution in [3.05, 3.63) is 61.8 Å². The van der Waals surface area contributed by atoms with Gasteiger partial charge in [0.15, 0.2) is 0 Å². The predicted molar refractivity (Wildman–Crippen MR) is 77.2 cm³/mol. The molecule has 0 fully saturated rings. The molecule has 2 aromatic rings. The van der Waals surface area contributed by atoms with E-state index in [-0.39, 0.29) is 0 Å². The highest BCUT2D eigenvalue weighted by molar-refractivity contribution is 9.11. The Balaban J connectivity index is 2.57. The number of methoxy groups -OCH3 is 1. The first-order valence-corrected chi connectivity index (χ1v) is 6.34. The van der Waals surface area contributed by atoms with E-state index in [1.807, 2.05) is 0 Å². The fraction of sp³-hybridized carbons (Fsp3) is 0.0769. The van der Waals surface area contributed by atoms with Crippen molar-refractivity contribution in [1.82, 2.24) is 9.55 Å². The smallest absolute Gasteiger partial charge is 0.332 e. The molecule has 5 nitrogen and oxygen atoms in total. The molecule has 0 aliphatic carbocycles. The first-order valence-electron chi connectivity index (χ1n) is 5.43. The normalized spacial score (nSPS) is 10.8. The van der Waals surface area contributed by atoms with Crippen molar-refractivity contribution in [1.29, 1.82) is 0 Å². The van der Waals surface area contributed by atoms with Crippen LogP contribution in [0.5, 0.6) is 5.75 Å². The Morgan fingerprint density at radius 3 is 2.53 bits per heavy atom. The predicted octanol–water partition coefficient (Wildman–Crippen LogP) is 1.90. The second-order valence-corrected chi connectivity index (χ2v) is 4.23. The van der Waals surface area contributed by atoms with E-state index in [9.17, 15) is 9.59 Å². The van der Waals surface area contributed by atoms with Gasteiger partial charge in [-0.2, -0.15) is 0 Å². The van der Waals surface area contributed by atoms with E-state index in [1.54, 1.807) is 42.4 Å². The number of hydrogen-bond acceptors (Lipinski definition) is 3. The van der Waals surface area contributed by atoms with E-state index in [1.165, 1.54) is 10.8 Å². The molecule has 19 heavy (non-hydrogen) atoms. The molecule has 0 aliphatic rings. The summed E-state index contributed by atoms with van der Waals surface area (Å²) < 4.78 is 6.42. The van der Waals surface area contributed by atoms with E-state index in [4.69, 9.17) is 4.74 Å². The van der Waals surface area contributed by atoms with Gasteiger partial charge in [-0.25, -0.2) is 4.79 Å². The average molecular weight is 323 g/mol. The van der Waals surface area contributed by atoms with Gasteiger partial charge in [0.2, 0.25) is 0 Å². The minimum atomic E-state index is -0.484. The highest BCUT2D eigenvalue weighted by Gasteiger charge is 2.04. The number of rotatable bonds is 3. The SMILES string of the molecule is COc1ccc(-n2cc(/C=C/Br)c(=O)[nH]c2=O)cc1. The summed E-state index contributed by atoms with van der Waals surface area (Å²) in [5.41, 5.74) is 0.117. The van der Waals surface area contributed by atoms with E-state index in [2.05, 4.69) is 20.9 Å². The van der Waals surface area contributed by atoms with Crippen molar-refractivity contribution in [3.63, 3.8) is 0 Å². The van der Waals surface area contributed by atoms with Gasteiger partial charge < -0.3 is 4.74 Å². The number of aromatic amines is 1. The molecule has 0 bridgehead atoms. The quantitative estimate of drug-likeness (QED) is 0.938. The van der Waals surface area contributed by atoms with Crippen molar-refractivity contribution in [3.8, 4) is 11.4 Å². The molecular formula is C13H11BrN2O3. The summed E-state index contributed by atoms with van der Waals surface area (Å²) in [7, 11) is 1.57. The Labute approximate surface area is 117 Å². The Hall–Kier alpha value is -2.08. The number of benzene rings is 1. The fourth-order valence-electron chi connectivity index (χ4n) is 1.61. The van der Waals surface area contributed by atoms with Crippen LogP contribution < -0.4 is 16.0 Å². The first-order chi connectivity index (χ1) is 9.15. The maximum atomic E-state index is 11.8. The molecule has 98 valence electrons. The summed E-state index contributed by atoms with van der Waals surface area (Å²) in [6, 6.07) is 6.96. The lowest BCUT2D eigenvalue weighted by atomic mass is 10.3. The molecule has 0 saturated carbocycles. The van der Waals surface area contributed by atoms with Gasteiger partial charge in [-0.15, -0.1) is 0 Å². The topological polar surface area (TPSA) is 64.1 Å². The van der Waals surface area contributed by atoms with Crippen molar-refractivity contribution in [2.24, 2.45) is 0 Å². The van der Waals surface area contributed by atoms with Gasteiger partial charge in [0.05, 0.1) is 18.4 Å². The number of aromatic nitrogens is 2. The summed E-state index contributed by atoms with van der Waals surface area (Å²) in [5.74, 6) is 0.696. The van der Waals surface area contributed by atoms with Gasteiger partial charge in [-0.3, -0.25) is 14.3 Å². The fourth-order valence-corrected chi connectivity index (χ4v) is 1.89. The molecule has 2 rings (SSSR count). The minimum absolute atomic E-state index is 0.382. The minimum Gasteiger partial charge on any atom is -0.497 e. The van der Waals surface area contributed by atoms with E-state index in [0.29, 0.717) is 17.0 Å². The van der Waals surface area contributed by atoms with Crippen LogP contribution in [-0.2, 0) is 0 Å². The Morgan fingerprint density at radius 1 is 1.26 bits per heavy atom. The molecule has 0 saturated heterocycles. The van der Waals surface area contributed by atoms with Crippen LogP contribution >= 0.6 is 15.9 Å². The van der Waals surface area contributed by atoms with Gasteiger partial charge in [0.1, 0.15) is 5.75 Å². The number of H-pyrrole nitrogens is 1. The van der Waals surface area contributed by atoms with Crippen molar-refractivity contribution < 1.29 is 4.74 Å². The maximum Gasteiger partial charge on any atom is 0.332 e. The number of nitrogens with one attached hydrogen (secondary N) is 1. The summed E-state index contributed by atoms with van der Waals surface area (Å²) >= 11 is 3.10. The average Bonchev–Trinajstić information content (AvgIpc) is 2.42. The van der Waals surface area contributed by atoms with Gasteiger partial charge in [0, 0.05) is 6.20 Å². The van der Waals surface area contributed by atoms with Crippen LogP contribution in [0.15, 0.2) is 45.0 Å². The first kappa shape index (κ1) is 13.4. The maximum absolute atomic E-state index is 11.8. The van der Waals surface area contributed by atoms with Gasteiger partial charge in [-0.1, -0.05) is 15.9 Å². The van der Waals surface area contributed by atoms with E-state index >= 15 is 0 Å². The summed E-state index contributed by atoms with van der Waals surface area (Å²) in [5, 5.41) is 0. The van der Waals surface area contributed by atoms with Crippen molar-refractivity contribution in [2.45, 2.75) is 0 Å². The van der Waals surface area contributed by atoms with Crippen LogP contribution in [-0.4, -0.2) is 16.7 Å². The molecule has 0 amide bonds. The van der Waals surface area contributed by atoms with E-state index < -0.39 is 11.2 Å². The molecule has 0 radical (unpaired) electrons.